The Balaban J connectivity index is 1.51. The number of fused-ring (bicyclic) bond motifs is 1. The highest BCUT2D eigenvalue weighted by Crippen LogP contribution is 2.40. The van der Waals surface area contributed by atoms with Crippen molar-refractivity contribution in [1.82, 2.24) is 24.8 Å². The monoisotopic (exact) mass is 350 g/mol. The molecule has 26 heavy (non-hydrogen) atoms. The summed E-state index contributed by atoms with van der Waals surface area (Å²) in [5, 5.41) is 5.98. The van der Waals surface area contributed by atoms with Crippen LogP contribution in [0.1, 0.15) is 36.1 Å². The molecule has 3 aromatic rings. The highest BCUT2D eigenvalue weighted by Gasteiger charge is 2.35. The third-order valence-corrected chi connectivity index (χ3v) is 4.85. The van der Waals surface area contributed by atoms with E-state index in [-0.39, 0.29) is 12.1 Å². The first-order valence-corrected chi connectivity index (χ1v) is 8.81. The van der Waals surface area contributed by atoms with Crippen LogP contribution in [0.25, 0.3) is 11.0 Å². The summed E-state index contributed by atoms with van der Waals surface area (Å²) in [6.45, 7) is 3.87. The second-order valence-corrected chi connectivity index (χ2v) is 6.91. The lowest BCUT2D eigenvalue weighted by atomic mass is 10.1. The predicted octanol–water partition coefficient (Wildman–Crippen LogP) is 3.25. The Labute approximate surface area is 151 Å². The summed E-state index contributed by atoms with van der Waals surface area (Å²) < 4.78 is 1.96. The lowest BCUT2D eigenvalue weighted by Gasteiger charge is -2.18. The molecule has 134 valence electrons. The zero-order valence-corrected chi connectivity index (χ0v) is 15.2. The van der Waals surface area contributed by atoms with Crippen LogP contribution in [0.3, 0.4) is 0 Å². The normalized spacial score (nSPS) is 15.0. The van der Waals surface area contributed by atoms with Gasteiger partial charge in [-0.15, -0.1) is 0 Å². The molecule has 7 nitrogen and oxygen atoms in total. The molecule has 0 spiro atoms. The van der Waals surface area contributed by atoms with Gasteiger partial charge in [0.2, 0.25) is 0 Å². The molecule has 7 heteroatoms. The van der Waals surface area contributed by atoms with Crippen molar-refractivity contribution in [3.05, 3.63) is 47.8 Å². The molecule has 2 N–H and O–H groups in total. The molecule has 0 bridgehead atoms. The number of urea groups is 1. The lowest BCUT2D eigenvalue weighted by Crippen LogP contribution is -2.35. The van der Waals surface area contributed by atoms with Crippen molar-refractivity contribution in [2.45, 2.75) is 32.7 Å². The largest absolute Gasteiger partial charge is 0.336 e. The zero-order chi connectivity index (χ0) is 18.3. The van der Waals surface area contributed by atoms with Crippen LogP contribution in [0.5, 0.6) is 0 Å². The molecule has 4 rings (SSSR count). The van der Waals surface area contributed by atoms with E-state index in [4.69, 9.17) is 0 Å². The fraction of sp³-hybridized carbons (Fsp3) is 0.368. The second-order valence-electron chi connectivity index (χ2n) is 6.91. The summed E-state index contributed by atoms with van der Waals surface area (Å²) in [6.07, 6.45) is 5.89. The number of nitrogens with one attached hydrogen (secondary N) is 2. The lowest BCUT2D eigenvalue weighted by molar-refractivity contribution is 0.246. The van der Waals surface area contributed by atoms with Crippen molar-refractivity contribution in [1.29, 1.82) is 0 Å². The van der Waals surface area contributed by atoms with Crippen LogP contribution in [-0.4, -0.2) is 25.6 Å². The van der Waals surface area contributed by atoms with Gasteiger partial charge in [-0.2, -0.15) is 0 Å². The van der Waals surface area contributed by atoms with Gasteiger partial charge in [-0.25, -0.2) is 19.7 Å². The summed E-state index contributed by atoms with van der Waals surface area (Å²) in [7, 11) is 1.95. The van der Waals surface area contributed by atoms with E-state index in [2.05, 4.69) is 25.6 Å². The third kappa shape index (κ3) is 3.24. The SMILES string of the molecule is Cc1nc2ccc(NC(=O)N[C@@H](c3nccn3C)C3CC3)cc2nc1C. The minimum absolute atomic E-state index is 0.0693. The smallest absolute Gasteiger partial charge is 0.319 e. The fourth-order valence-electron chi connectivity index (χ4n) is 3.12. The Morgan fingerprint density at radius 3 is 2.58 bits per heavy atom. The van der Waals surface area contributed by atoms with Crippen LogP contribution < -0.4 is 10.6 Å². The van der Waals surface area contributed by atoms with Crippen LogP contribution in [0, 0.1) is 19.8 Å². The molecule has 1 saturated carbocycles. The molecule has 2 heterocycles. The summed E-state index contributed by atoms with van der Waals surface area (Å²) in [5.74, 6) is 1.34. The zero-order valence-electron chi connectivity index (χ0n) is 15.2. The molecule has 1 atom stereocenters. The maximum Gasteiger partial charge on any atom is 0.319 e. The van der Waals surface area contributed by atoms with E-state index in [1.807, 2.05) is 49.9 Å². The van der Waals surface area contributed by atoms with Gasteiger partial charge >= 0.3 is 6.03 Å². The van der Waals surface area contributed by atoms with Crippen LogP contribution in [0.4, 0.5) is 10.5 Å². The van der Waals surface area contributed by atoms with Crippen LogP contribution >= 0.6 is 0 Å². The first kappa shape index (κ1) is 16.5. The maximum absolute atomic E-state index is 12.5. The number of aromatic nitrogens is 4. The molecule has 0 unspecified atom stereocenters. The Morgan fingerprint density at radius 1 is 1.19 bits per heavy atom. The number of carbonyl (C=O) groups excluding carboxylic acids is 1. The number of hydrogen-bond acceptors (Lipinski definition) is 4. The summed E-state index contributed by atoms with van der Waals surface area (Å²) in [6, 6.07) is 5.27. The Bertz CT molecular complexity index is 975. The van der Waals surface area contributed by atoms with Crippen molar-refractivity contribution in [2.75, 3.05) is 5.32 Å². The first-order valence-electron chi connectivity index (χ1n) is 8.81. The van der Waals surface area contributed by atoms with E-state index in [0.29, 0.717) is 11.6 Å². The van der Waals surface area contributed by atoms with Gasteiger partial charge in [-0.1, -0.05) is 0 Å². The topological polar surface area (TPSA) is 84.7 Å². The molecule has 0 aliphatic heterocycles. The standard InChI is InChI=1S/C19H22N6O/c1-11-12(2)22-16-10-14(6-7-15(16)21-11)23-19(26)24-17(13-4-5-13)18-20-8-9-25(18)3/h6-10,13,17H,4-5H2,1-3H3,(H2,23,24,26)/t17-/m1/s1. The van der Waals surface area contributed by atoms with Gasteiger partial charge in [0.15, 0.2) is 0 Å². The van der Waals surface area contributed by atoms with Gasteiger partial charge in [-0.3, -0.25) is 0 Å². The van der Waals surface area contributed by atoms with Gasteiger partial charge in [0, 0.05) is 25.1 Å². The minimum atomic E-state index is -0.235. The van der Waals surface area contributed by atoms with Crippen LogP contribution in [0.2, 0.25) is 0 Å². The van der Waals surface area contributed by atoms with E-state index >= 15 is 0 Å². The van der Waals surface area contributed by atoms with Crippen molar-refractivity contribution in [2.24, 2.45) is 13.0 Å². The molecular formula is C19H22N6O. The number of rotatable bonds is 4. The van der Waals surface area contributed by atoms with Gasteiger partial charge in [0.25, 0.3) is 0 Å². The Hall–Kier alpha value is -2.96. The summed E-state index contributed by atoms with van der Waals surface area (Å²) in [5.41, 5.74) is 4.10. The minimum Gasteiger partial charge on any atom is -0.336 e. The van der Waals surface area contributed by atoms with Gasteiger partial charge in [0.05, 0.1) is 28.5 Å². The molecule has 0 saturated heterocycles. The molecule has 1 aromatic carbocycles. The number of carbonyl (C=O) groups is 1. The van der Waals surface area contributed by atoms with E-state index in [1.54, 1.807) is 6.20 Å². The number of hydrogen-bond donors (Lipinski definition) is 2. The molecule has 1 aliphatic carbocycles. The number of nitrogens with zero attached hydrogens (tertiary/aromatic N) is 4. The summed E-state index contributed by atoms with van der Waals surface area (Å²) >= 11 is 0. The highest BCUT2D eigenvalue weighted by atomic mass is 16.2. The fourth-order valence-corrected chi connectivity index (χ4v) is 3.12. The number of imidazole rings is 1. The summed E-state index contributed by atoms with van der Waals surface area (Å²) in [4.78, 5) is 26.0. The van der Waals surface area contributed by atoms with Crippen LogP contribution in [-0.2, 0) is 7.05 Å². The van der Waals surface area contributed by atoms with Gasteiger partial charge in [-0.05, 0) is 50.8 Å². The average molecular weight is 350 g/mol. The average Bonchev–Trinajstić information content (AvgIpc) is 3.35. The second kappa shape index (κ2) is 6.40. The van der Waals surface area contributed by atoms with E-state index in [1.165, 1.54) is 0 Å². The van der Waals surface area contributed by atoms with Gasteiger partial charge in [0.1, 0.15) is 5.82 Å². The number of benzene rings is 1. The Kier molecular flexibility index (Phi) is 4.06. The number of anilines is 1. The Morgan fingerprint density at radius 2 is 1.92 bits per heavy atom. The maximum atomic E-state index is 12.5. The van der Waals surface area contributed by atoms with Crippen LogP contribution in [0.15, 0.2) is 30.6 Å². The molecular weight excluding hydrogens is 328 g/mol. The van der Waals surface area contributed by atoms with Crippen molar-refractivity contribution in [3.63, 3.8) is 0 Å². The molecule has 0 radical (unpaired) electrons. The first-order chi connectivity index (χ1) is 12.5. The highest BCUT2D eigenvalue weighted by molar-refractivity contribution is 5.92. The van der Waals surface area contributed by atoms with Crippen molar-refractivity contribution in [3.8, 4) is 0 Å². The molecule has 2 amide bonds. The molecule has 1 aliphatic rings. The quantitative estimate of drug-likeness (QED) is 0.756. The van der Waals surface area contributed by atoms with E-state index < -0.39 is 0 Å². The number of amides is 2. The number of aryl methyl sites for hydroxylation is 3. The third-order valence-electron chi connectivity index (χ3n) is 4.85. The molecule has 2 aromatic heterocycles. The van der Waals surface area contributed by atoms with E-state index in [0.717, 1.165) is 41.1 Å². The molecule has 1 fully saturated rings. The predicted molar refractivity (Wildman–Crippen MR) is 99.8 cm³/mol. The van der Waals surface area contributed by atoms with E-state index in [9.17, 15) is 4.79 Å². The van der Waals surface area contributed by atoms with Gasteiger partial charge < -0.3 is 15.2 Å². The van der Waals surface area contributed by atoms with Crippen molar-refractivity contribution >= 4 is 22.8 Å². The van der Waals surface area contributed by atoms with Crippen molar-refractivity contribution < 1.29 is 4.79 Å².